The lowest BCUT2D eigenvalue weighted by molar-refractivity contribution is 0.403. The molecule has 2 rings (SSSR count). The van der Waals surface area contributed by atoms with Gasteiger partial charge in [0.25, 0.3) is 0 Å². The van der Waals surface area contributed by atoms with E-state index >= 15 is 0 Å². The van der Waals surface area contributed by atoms with Crippen LogP contribution >= 0.6 is 0 Å². The zero-order valence-electron chi connectivity index (χ0n) is 10.7. The van der Waals surface area contributed by atoms with Gasteiger partial charge in [-0.2, -0.15) is 0 Å². The first-order valence-electron chi connectivity index (χ1n) is 6.32. The first kappa shape index (κ1) is 12.2. The van der Waals surface area contributed by atoms with E-state index in [1.54, 1.807) is 0 Å². The van der Waals surface area contributed by atoms with Crippen LogP contribution in [-0.2, 0) is 0 Å². The molecular weight excluding hydrogens is 212 g/mol. The Hall–Kier alpha value is -1.29. The molecule has 17 heavy (non-hydrogen) atoms. The highest BCUT2D eigenvalue weighted by atomic mass is 15.1. The van der Waals surface area contributed by atoms with Gasteiger partial charge in [-0.1, -0.05) is 12.8 Å². The molecule has 0 bridgehead atoms. The van der Waals surface area contributed by atoms with Crippen molar-refractivity contribution in [3.05, 3.63) is 18.3 Å². The Bertz CT molecular complexity index is 364. The molecule has 1 heterocycles. The fraction of sp³-hybridized carbons (Fsp3) is 0.615. The number of hydrogen-bond acceptors (Lipinski definition) is 4. The molecule has 1 aromatic rings. The minimum atomic E-state index is 0.258. The molecule has 0 amide bonds. The fourth-order valence-electron chi connectivity index (χ4n) is 2.31. The van der Waals surface area contributed by atoms with Crippen molar-refractivity contribution in [3.63, 3.8) is 0 Å². The lowest BCUT2D eigenvalue weighted by Crippen LogP contribution is -2.42. The molecule has 4 heteroatoms. The van der Waals surface area contributed by atoms with E-state index in [-0.39, 0.29) is 6.04 Å². The van der Waals surface area contributed by atoms with Gasteiger partial charge >= 0.3 is 0 Å². The topological polar surface area (TPSA) is 54.2 Å². The van der Waals surface area contributed by atoms with E-state index in [1.165, 1.54) is 12.8 Å². The minimum absolute atomic E-state index is 0.258. The van der Waals surface area contributed by atoms with Crippen molar-refractivity contribution in [3.8, 4) is 0 Å². The van der Waals surface area contributed by atoms with Crippen LogP contribution in [0.2, 0.25) is 0 Å². The van der Waals surface area contributed by atoms with Crippen LogP contribution in [-0.4, -0.2) is 31.2 Å². The fourth-order valence-corrected chi connectivity index (χ4v) is 2.31. The van der Waals surface area contributed by atoms with Crippen molar-refractivity contribution in [2.75, 3.05) is 24.3 Å². The number of nitrogens with two attached hydrogens (primary N) is 1. The monoisotopic (exact) mass is 234 g/mol. The Labute approximate surface area is 103 Å². The first-order chi connectivity index (χ1) is 8.16. The summed E-state index contributed by atoms with van der Waals surface area (Å²) in [5.74, 6) is 0.929. The first-order valence-corrected chi connectivity index (χ1v) is 6.32. The number of rotatable bonds is 3. The summed E-state index contributed by atoms with van der Waals surface area (Å²) in [6.07, 6.45) is 6.62. The molecule has 0 radical (unpaired) electrons. The molecule has 0 spiro atoms. The maximum atomic E-state index is 6.12. The van der Waals surface area contributed by atoms with Crippen molar-refractivity contribution in [2.45, 2.75) is 37.8 Å². The molecule has 94 valence electrons. The predicted octanol–water partition coefficient (Wildman–Crippen LogP) is 1.83. The lowest BCUT2D eigenvalue weighted by atomic mass is 9.91. The summed E-state index contributed by atoms with van der Waals surface area (Å²) in [6.45, 7) is 0. The highest BCUT2D eigenvalue weighted by Crippen LogP contribution is 2.22. The summed E-state index contributed by atoms with van der Waals surface area (Å²) in [6, 6.07) is 4.70. The quantitative estimate of drug-likeness (QED) is 0.838. The van der Waals surface area contributed by atoms with Crippen LogP contribution in [0.15, 0.2) is 18.3 Å². The summed E-state index contributed by atoms with van der Waals surface area (Å²) in [4.78, 5) is 6.43. The number of anilines is 2. The van der Waals surface area contributed by atoms with Crippen LogP contribution in [0.5, 0.6) is 0 Å². The number of pyridine rings is 1. The second-order valence-electron chi connectivity index (χ2n) is 4.99. The molecule has 1 aromatic heterocycles. The Balaban J connectivity index is 2.04. The highest BCUT2D eigenvalue weighted by molar-refractivity contribution is 5.53. The third kappa shape index (κ3) is 3.09. The van der Waals surface area contributed by atoms with Crippen molar-refractivity contribution in [1.29, 1.82) is 0 Å². The SMILES string of the molecule is CN(C)c1ccnc(NC2CCCCC2N)c1. The Morgan fingerprint density at radius 3 is 2.82 bits per heavy atom. The highest BCUT2D eigenvalue weighted by Gasteiger charge is 2.21. The number of nitrogens with one attached hydrogen (secondary N) is 1. The molecule has 2 unspecified atom stereocenters. The van der Waals surface area contributed by atoms with Gasteiger partial charge in [0, 0.05) is 44.1 Å². The molecule has 3 N–H and O–H groups in total. The average Bonchev–Trinajstić information content (AvgIpc) is 2.32. The normalized spacial score (nSPS) is 24.4. The van der Waals surface area contributed by atoms with Gasteiger partial charge in [-0.15, -0.1) is 0 Å². The molecule has 1 aliphatic carbocycles. The van der Waals surface area contributed by atoms with Gasteiger partial charge in [-0.25, -0.2) is 4.98 Å². The molecule has 4 nitrogen and oxygen atoms in total. The third-order valence-corrected chi connectivity index (χ3v) is 3.41. The number of nitrogens with zero attached hydrogens (tertiary/aromatic N) is 2. The van der Waals surface area contributed by atoms with Gasteiger partial charge in [0.1, 0.15) is 5.82 Å². The molecular formula is C13H22N4. The average molecular weight is 234 g/mol. The van der Waals surface area contributed by atoms with Crippen LogP contribution in [0.3, 0.4) is 0 Å². The number of aromatic nitrogens is 1. The predicted molar refractivity (Wildman–Crippen MR) is 72.4 cm³/mol. The Morgan fingerprint density at radius 2 is 2.12 bits per heavy atom. The Kier molecular flexibility index (Phi) is 3.84. The largest absolute Gasteiger partial charge is 0.378 e. The molecule has 2 atom stereocenters. The van der Waals surface area contributed by atoms with Crippen molar-refractivity contribution in [2.24, 2.45) is 5.73 Å². The van der Waals surface area contributed by atoms with Gasteiger partial charge < -0.3 is 16.0 Å². The maximum Gasteiger partial charge on any atom is 0.128 e. The van der Waals surface area contributed by atoms with Crippen LogP contribution < -0.4 is 16.0 Å². The van der Waals surface area contributed by atoms with Crippen molar-refractivity contribution < 1.29 is 0 Å². The molecule has 1 fully saturated rings. The molecule has 1 aliphatic rings. The third-order valence-electron chi connectivity index (χ3n) is 3.41. The number of hydrogen-bond donors (Lipinski definition) is 2. The smallest absolute Gasteiger partial charge is 0.128 e. The molecule has 0 aliphatic heterocycles. The molecule has 0 saturated heterocycles. The standard InChI is InChI=1S/C13H22N4/c1-17(2)10-7-8-15-13(9-10)16-12-6-4-3-5-11(12)14/h7-9,11-12H,3-6,14H2,1-2H3,(H,15,16). The second kappa shape index (κ2) is 5.36. The van der Waals surface area contributed by atoms with Gasteiger partial charge in [0.05, 0.1) is 0 Å². The van der Waals surface area contributed by atoms with Gasteiger partial charge in [-0.3, -0.25) is 0 Å². The van der Waals surface area contributed by atoms with E-state index in [1.807, 2.05) is 26.4 Å². The molecule has 0 aromatic carbocycles. The summed E-state index contributed by atoms with van der Waals surface area (Å²) in [5.41, 5.74) is 7.28. The van der Waals surface area contributed by atoms with Gasteiger partial charge in [0.2, 0.25) is 0 Å². The summed E-state index contributed by atoms with van der Waals surface area (Å²) < 4.78 is 0. The zero-order chi connectivity index (χ0) is 12.3. The van der Waals surface area contributed by atoms with E-state index in [0.29, 0.717) is 6.04 Å². The van der Waals surface area contributed by atoms with Gasteiger partial charge in [0.15, 0.2) is 0 Å². The summed E-state index contributed by atoms with van der Waals surface area (Å²) >= 11 is 0. The lowest BCUT2D eigenvalue weighted by Gasteiger charge is -2.30. The zero-order valence-corrected chi connectivity index (χ0v) is 10.7. The van der Waals surface area contributed by atoms with Crippen LogP contribution in [0.4, 0.5) is 11.5 Å². The molecule has 1 saturated carbocycles. The van der Waals surface area contributed by atoms with Gasteiger partial charge in [-0.05, 0) is 18.9 Å². The van der Waals surface area contributed by atoms with E-state index in [0.717, 1.165) is 24.3 Å². The van der Waals surface area contributed by atoms with Crippen LogP contribution in [0.25, 0.3) is 0 Å². The van der Waals surface area contributed by atoms with E-state index in [9.17, 15) is 0 Å². The van der Waals surface area contributed by atoms with Crippen molar-refractivity contribution in [1.82, 2.24) is 4.98 Å². The van der Waals surface area contributed by atoms with E-state index in [4.69, 9.17) is 5.73 Å². The Morgan fingerprint density at radius 1 is 1.35 bits per heavy atom. The maximum absolute atomic E-state index is 6.12. The van der Waals surface area contributed by atoms with Crippen LogP contribution in [0.1, 0.15) is 25.7 Å². The van der Waals surface area contributed by atoms with E-state index in [2.05, 4.69) is 21.3 Å². The minimum Gasteiger partial charge on any atom is -0.378 e. The van der Waals surface area contributed by atoms with Crippen molar-refractivity contribution >= 4 is 11.5 Å². The van der Waals surface area contributed by atoms with E-state index < -0.39 is 0 Å². The van der Waals surface area contributed by atoms with Crippen LogP contribution in [0, 0.1) is 0 Å². The summed E-state index contributed by atoms with van der Waals surface area (Å²) in [5, 5.41) is 3.46. The second-order valence-corrected chi connectivity index (χ2v) is 4.99. The summed E-state index contributed by atoms with van der Waals surface area (Å²) in [7, 11) is 4.07.